The Bertz CT molecular complexity index is 952. The first kappa shape index (κ1) is 20.5. The number of morpholine rings is 1. The van der Waals surface area contributed by atoms with Gasteiger partial charge in [0.25, 0.3) is 5.91 Å². The number of amides is 1. The van der Waals surface area contributed by atoms with Crippen LogP contribution in [0.25, 0.3) is 0 Å². The van der Waals surface area contributed by atoms with Crippen LogP contribution in [0.2, 0.25) is 0 Å². The monoisotopic (exact) mass is 406 g/mol. The number of benzene rings is 2. The summed E-state index contributed by atoms with van der Waals surface area (Å²) in [6.07, 6.45) is 0. The normalized spacial score (nSPS) is 18.3. The first-order chi connectivity index (χ1) is 14.3. The van der Waals surface area contributed by atoms with E-state index in [9.17, 15) is 4.79 Å². The molecule has 2 fully saturated rings. The van der Waals surface area contributed by atoms with Crippen molar-refractivity contribution in [2.75, 3.05) is 36.5 Å². The minimum absolute atomic E-state index is 0.175. The molecule has 4 rings (SSSR count). The van der Waals surface area contributed by atoms with Crippen molar-refractivity contribution in [1.29, 1.82) is 0 Å². The van der Waals surface area contributed by atoms with E-state index in [-0.39, 0.29) is 5.91 Å². The van der Waals surface area contributed by atoms with Crippen LogP contribution in [0.4, 0.5) is 11.4 Å². The number of carbonyl (C=O) groups excluding carboxylic acids is 1. The third-order valence-corrected chi connectivity index (χ3v) is 5.62. The van der Waals surface area contributed by atoms with Crippen molar-refractivity contribution in [3.8, 4) is 0 Å². The molecule has 0 spiro atoms. The van der Waals surface area contributed by atoms with E-state index < -0.39 is 12.7 Å². The molecule has 156 valence electrons. The van der Waals surface area contributed by atoms with Crippen LogP contribution in [-0.4, -0.2) is 44.9 Å². The maximum absolute atomic E-state index is 12.8. The lowest BCUT2D eigenvalue weighted by Gasteiger charge is -2.28. The predicted octanol–water partition coefficient (Wildman–Crippen LogP) is 3.12. The summed E-state index contributed by atoms with van der Waals surface area (Å²) in [4.78, 5) is 15.1. The van der Waals surface area contributed by atoms with Crippen molar-refractivity contribution >= 4 is 29.9 Å². The van der Waals surface area contributed by atoms with Gasteiger partial charge in [0.2, 0.25) is 0 Å². The van der Waals surface area contributed by atoms with Gasteiger partial charge in [-0.3, -0.25) is 4.79 Å². The summed E-state index contributed by atoms with van der Waals surface area (Å²) < 4.78 is 17.2. The van der Waals surface area contributed by atoms with Gasteiger partial charge in [-0.05, 0) is 57.2 Å². The molecule has 0 bridgehead atoms. The number of ether oxygens (including phenoxy) is 1. The van der Waals surface area contributed by atoms with Gasteiger partial charge in [-0.25, -0.2) is 0 Å². The lowest BCUT2D eigenvalue weighted by atomic mass is 9.75. The lowest BCUT2D eigenvalue weighted by Crippen LogP contribution is -2.37. The minimum Gasteiger partial charge on any atom is -0.534 e. The lowest BCUT2D eigenvalue weighted by molar-refractivity contribution is 0.102. The van der Waals surface area contributed by atoms with Crippen molar-refractivity contribution in [3.05, 3.63) is 65.9 Å². The molecule has 2 aliphatic heterocycles. The second-order valence-electron chi connectivity index (χ2n) is 8.17. The Labute approximate surface area is 178 Å². The predicted molar refractivity (Wildman–Crippen MR) is 119 cm³/mol. The standard InChI is InChI=1S/C23H27BN2O4/c1-16-5-6-18(15-21(16)24-29-17(2)23(3,4)30-24)22(27)25-19-7-9-20(10-8-19)26-11-13-28-14-12-26/h5-10,15H,2,11-14H2,1,3-4H3,(H,25,27). The van der Waals surface area contributed by atoms with Gasteiger partial charge >= 0.3 is 7.12 Å². The fourth-order valence-corrected chi connectivity index (χ4v) is 3.57. The summed E-state index contributed by atoms with van der Waals surface area (Å²) in [7, 11) is -0.562. The quantitative estimate of drug-likeness (QED) is 0.791. The summed E-state index contributed by atoms with van der Waals surface area (Å²) >= 11 is 0. The van der Waals surface area contributed by atoms with Gasteiger partial charge in [0.1, 0.15) is 5.60 Å². The van der Waals surface area contributed by atoms with Gasteiger partial charge in [-0.1, -0.05) is 18.2 Å². The molecule has 7 heteroatoms. The van der Waals surface area contributed by atoms with E-state index >= 15 is 0 Å². The Hall–Kier alpha value is -2.77. The Balaban J connectivity index is 1.47. The van der Waals surface area contributed by atoms with Crippen molar-refractivity contribution < 1.29 is 18.8 Å². The zero-order chi connectivity index (χ0) is 21.3. The molecular formula is C23H27BN2O4. The highest BCUT2D eigenvalue weighted by Crippen LogP contribution is 2.29. The fraction of sp³-hybridized carbons (Fsp3) is 0.348. The first-order valence-corrected chi connectivity index (χ1v) is 10.2. The van der Waals surface area contributed by atoms with Crippen molar-refractivity contribution in [2.24, 2.45) is 0 Å². The molecule has 0 aliphatic carbocycles. The highest BCUT2D eigenvalue weighted by Gasteiger charge is 2.43. The summed E-state index contributed by atoms with van der Waals surface area (Å²) in [6.45, 7) is 13.0. The molecule has 30 heavy (non-hydrogen) atoms. The van der Waals surface area contributed by atoms with Crippen molar-refractivity contribution in [3.63, 3.8) is 0 Å². The molecule has 0 atom stereocenters. The number of hydrogen-bond donors (Lipinski definition) is 1. The third kappa shape index (κ3) is 4.22. The first-order valence-electron chi connectivity index (χ1n) is 10.2. The molecule has 0 unspecified atom stereocenters. The Morgan fingerprint density at radius 1 is 1.13 bits per heavy atom. The number of nitrogens with one attached hydrogen (secondary N) is 1. The molecule has 2 heterocycles. The van der Waals surface area contributed by atoms with Crippen LogP contribution in [-0.2, 0) is 14.0 Å². The van der Waals surface area contributed by atoms with Crippen LogP contribution in [0.5, 0.6) is 0 Å². The van der Waals surface area contributed by atoms with Gasteiger partial charge in [0, 0.05) is 35.5 Å². The van der Waals surface area contributed by atoms with Crippen LogP contribution in [0, 0.1) is 6.92 Å². The number of hydrogen-bond acceptors (Lipinski definition) is 5. The zero-order valence-electron chi connectivity index (χ0n) is 17.7. The Morgan fingerprint density at radius 2 is 1.83 bits per heavy atom. The van der Waals surface area contributed by atoms with E-state index in [1.54, 1.807) is 0 Å². The molecule has 1 amide bonds. The largest absolute Gasteiger partial charge is 0.563 e. The number of nitrogens with zero attached hydrogens (tertiary/aromatic N) is 1. The van der Waals surface area contributed by atoms with E-state index in [0.29, 0.717) is 11.3 Å². The molecule has 6 nitrogen and oxygen atoms in total. The van der Waals surface area contributed by atoms with E-state index in [2.05, 4.69) is 16.8 Å². The SMILES string of the molecule is C=C1OB(c2cc(C(=O)Nc3ccc(N4CCOCC4)cc3)ccc2C)OC1(C)C. The van der Waals surface area contributed by atoms with E-state index in [0.717, 1.165) is 48.7 Å². The Morgan fingerprint density at radius 3 is 2.47 bits per heavy atom. The van der Waals surface area contributed by atoms with Crippen LogP contribution in [0.3, 0.4) is 0 Å². The maximum Gasteiger partial charge on any atom is 0.563 e. The van der Waals surface area contributed by atoms with E-state index in [1.807, 2.05) is 63.2 Å². The summed E-state index contributed by atoms with van der Waals surface area (Å²) in [5.41, 5.74) is 3.70. The highest BCUT2D eigenvalue weighted by molar-refractivity contribution is 6.63. The maximum atomic E-state index is 12.8. The van der Waals surface area contributed by atoms with Gasteiger partial charge in [0.15, 0.2) is 0 Å². The van der Waals surface area contributed by atoms with Crippen molar-refractivity contribution in [1.82, 2.24) is 0 Å². The second kappa shape index (κ2) is 8.16. The number of aryl methyl sites for hydroxylation is 1. The summed E-state index contributed by atoms with van der Waals surface area (Å²) in [6, 6.07) is 13.4. The number of rotatable bonds is 4. The van der Waals surface area contributed by atoms with Gasteiger partial charge in [0.05, 0.1) is 19.0 Å². The van der Waals surface area contributed by atoms with Crippen LogP contribution in [0.15, 0.2) is 54.8 Å². The average Bonchev–Trinajstić information content (AvgIpc) is 3.01. The minimum atomic E-state index is -0.562. The third-order valence-electron chi connectivity index (χ3n) is 5.62. The molecule has 2 aliphatic rings. The molecule has 2 aromatic carbocycles. The number of carbonyl (C=O) groups is 1. The summed E-state index contributed by atoms with van der Waals surface area (Å²) in [5, 5.41) is 2.97. The molecule has 2 aromatic rings. The van der Waals surface area contributed by atoms with Gasteiger partial charge in [-0.15, -0.1) is 0 Å². The topological polar surface area (TPSA) is 60.0 Å². The smallest absolute Gasteiger partial charge is 0.534 e. The van der Waals surface area contributed by atoms with E-state index in [4.69, 9.17) is 14.0 Å². The molecule has 0 saturated carbocycles. The fourth-order valence-electron chi connectivity index (χ4n) is 3.57. The molecular weight excluding hydrogens is 379 g/mol. The molecule has 1 N–H and O–H groups in total. The Kier molecular flexibility index (Phi) is 5.58. The van der Waals surface area contributed by atoms with Crippen LogP contribution < -0.4 is 15.7 Å². The zero-order valence-corrected chi connectivity index (χ0v) is 17.7. The van der Waals surface area contributed by atoms with Gasteiger partial charge in [-0.2, -0.15) is 0 Å². The molecule has 2 saturated heterocycles. The summed E-state index contributed by atoms with van der Waals surface area (Å²) in [5.74, 6) is 0.411. The van der Waals surface area contributed by atoms with Crippen LogP contribution >= 0.6 is 0 Å². The van der Waals surface area contributed by atoms with Gasteiger partial charge < -0.3 is 24.3 Å². The number of anilines is 2. The van der Waals surface area contributed by atoms with E-state index in [1.165, 1.54) is 0 Å². The highest BCUT2D eigenvalue weighted by atomic mass is 16.7. The molecule has 0 radical (unpaired) electrons. The second-order valence-corrected chi connectivity index (χ2v) is 8.17. The van der Waals surface area contributed by atoms with Crippen LogP contribution in [0.1, 0.15) is 29.8 Å². The molecule has 0 aromatic heterocycles. The van der Waals surface area contributed by atoms with Crippen molar-refractivity contribution in [2.45, 2.75) is 26.4 Å². The average molecular weight is 406 g/mol.